The Kier molecular flexibility index (Phi) is 5.39. The lowest BCUT2D eigenvalue weighted by molar-refractivity contribution is -0.133. The van der Waals surface area contributed by atoms with E-state index in [9.17, 15) is 4.79 Å². The molecule has 4 heterocycles. The summed E-state index contributed by atoms with van der Waals surface area (Å²) in [6, 6.07) is 3.69. The molecule has 3 aliphatic rings. The number of ether oxygens (including phenoxy) is 2. The number of amides is 1. The van der Waals surface area contributed by atoms with Crippen molar-refractivity contribution in [1.82, 2.24) is 10.2 Å². The Morgan fingerprint density at radius 3 is 2.96 bits per heavy atom. The fourth-order valence-electron chi connectivity index (χ4n) is 4.32. The van der Waals surface area contributed by atoms with Crippen molar-refractivity contribution in [3.63, 3.8) is 0 Å². The molecular formula is C19H28N2O4. The van der Waals surface area contributed by atoms with Crippen molar-refractivity contribution in [2.24, 2.45) is 11.8 Å². The highest BCUT2D eigenvalue weighted by atomic mass is 16.5. The second-order valence-corrected chi connectivity index (χ2v) is 7.56. The molecule has 4 rings (SSSR count). The van der Waals surface area contributed by atoms with Gasteiger partial charge in [-0.25, -0.2) is 0 Å². The van der Waals surface area contributed by atoms with Crippen molar-refractivity contribution in [3.8, 4) is 0 Å². The van der Waals surface area contributed by atoms with Crippen LogP contribution < -0.4 is 5.32 Å². The highest BCUT2D eigenvalue weighted by Gasteiger charge is 2.42. The van der Waals surface area contributed by atoms with Crippen LogP contribution in [0.1, 0.15) is 31.4 Å². The van der Waals surface area contributed by atoms with Gasteiger partial charge in [0, 0.05) is 26.3 Å². The number of piperidine rings is 1. The van der Waals surface area contributed by atoms with Crippen LogP contribution in [0.5, 0.6) is 0 Å². The Hall–Kier alpha value is -1.37. The number of carbonyl (C=O) groups excluding carboxylic acids is 1. The molecule has 0 spiro atoms. The molecule has 25 heavy (non-hydrogen) atoms. The first-order valence-electron chi connectivity index (χ1n) is 9.53. The first-order chi connectivity index (χ1) is 12.3. The number of hydrogen-bond acceptors (Lipinski definition) is 5. The first-order valence-corrected chi connectivity index (χ1v) is 9.53. The predicted octanol–water partition coefficient (Wildman–Crippen LogP) is 1.80. The average Bonchev–Trinajstić information content (AvgIpc) is 3.30. The summed E-state index contributed by atoms with van der Waals surface area (Å²) in [6.07, 6.45) is 5.83. The van der Waals surface area contributed by atoms with Crippen molar-refractivity contribution in [3.05, 3.63) is 24.2 Å². The van der Waals surface area contributed by atoms with Gasteiger partial charge in [-0.2, -0.15) is 0 Å². The zero-order valence-corrected chi connectivity index (χ0v) is 14.7. The van der Waals surface area contributed by atoms with Gasteiger partial charge in [0.25, 0.3) is 0 Å². The SMILES string of the molecule is O=C(NCc1ccco1)[C@@H]1C[C@H]2CCN(CC3CCOCC3)C[C@H]2O1. The molecule has 1 aromatic rings. The maximum Gasteiger partial charge on any atom is 0.249 e. The summed E-state index contributed by atoms with van der Waals surface area (Å²) in [5.41, 5.74) is 0. The van der Waals surface area contributed by atoms with Gasteiger partial charge >= 0.3 is 0 Å². The Balaban J connectivity index is 1.24. The van der Waals surface area contributed by atoms with E-state index >= 15 is 0 Å². The smallest absolute Gasteiger partial charge is 0.249 e. The molecule has 3 saturated heterocycles. The molecule has 1 N–H and O–H groups in total. The number of furan rings is 1. The summed E-state index contributed by atoms with van der Waals surface area (Å²) in [4.78, 5) is 14.9. The number of nitrogens with zero attached hydrogens (tertiary/aromatic N) is 1. The van der Waals surface area contributed by atoms with Gasteiger partial charge in [0.15, 0.2) is 0 Å². The van der Waals surface area contributed by atoms with Crippen LogP contribution in [-0.2, 0) is 20.8 Å². The van der Waals surface area contributed by atoms with Gasteiger partial charge in [0.1, 0.15) is 11.9 Å². The van der Waals surface area contributed by atoms with Crippen molar-refractivity contribution >= 4 is 5.91 Å². The van der Waals surface area contributed by atoms with Crippen molar-refractivity contribution in [2.45, 2.75) is 44.4 Å². The number of fused-ring (bicyclic) bond motifs is 1. The van der Waals surface area contributed by atoms with E-state index in [1.54, 1.807) is 6.26 Å². The largest absolute Gasteiger partial charge is 0.467 e. The predicted molar refractivity (Wildman–Crippen MR) is 91.9 cm³/mol. The molecule has 0 aliphatic carbocycles. The molecule has 6 nitrogen and oxygen atoms in total. The van der Waals surface area contributed by atoms with Crippen molar-refractivity contribution < 1.29 is 18.7 Å². The van der Waals surface area contributed by atoms with E-state index in [0.717, 1.165) is 57.4 Å². The highest BCUT2D eigenvalue weighted by Crippen LogP contribution is 2.34. The summed E-state index contributed by atoms with van der Waals surface area (Å²) in [5, 5.41) is 2.93. The zero-order chi connectivity index (χ0) is 17.1. The second kappa shape index (κ2) is 7.89. The minimum atomic E-state index is -0.312. The van der Waals surface area contributed by atoms with Crippen LogP contribution in [0.25, 0.3) is 0 Å². The lowest BCUT2D eigenvalue weighted by Gasteiger charge is -2.36. The topological polar surface area (TPSA) is 63.9 Å². The van der Waals surface area contributed by atoms with E-state index in [4.69, 9.17) is 13.9 Å². The van der Waals surface area contributed by atoms with Gasteiger partial charge in [-0.15, -0.1) is 0 Å². The highest BCUT2D eigenvalue weighted by molar-refractivity contribution is 5.81. The lowest BCUT2D eigenvalue weighted by atomic mass is 9.90. The van der Waals surface area contributed by atoms with Gasteiger partial charge < -0.3 is 24.1 Å². The number of nitrogens with one attached hydrogen (secondary N) is 1. The average molecular weight is 348 g/mol. The van der Waals surface area contributed by atoms with E-state index in [0.29, 0.717) is 12.5 Å². The third-order valence-electron chi connectivity index (χ3n) is 5.80. The number of likely N-dealkylation sites (tertiary alicyclic amines) is 1. The normalized spacial score (nSPS) is 31.0. The molecule has 0 bridgehead atoms. The monoisotopic (exact) mass is 348 g/mol. The fourth-order valence-corrected chi connectivity index (χ4v) is 4.32. The van der Waals surface area contributed by atoms with Crippen LogP contribution in [0.4, 0.5) is 0 Å². The molecule has 1 amide bonds. The van der Waals surface area contributed by atoms with Crippen LogP contribution in [0, 0.1) is 11.8 Å². The molecule has 138 valence electrons. The molecule has 3 atom stereocenters. The van der Waals surface area contributed by atoms with Crippen molar-refractivity contribution in [1.29, 1.82) is 0 Å². The lowest BCUT2D eigenvalue weighted by Crippen LogP contribution is -2.45. The van der Waals surface area contributed by atoms with Crippen LogP contribution in [0.2, 0.25) is 0 Å². The third kappa shape index (κ3) is 4.25. The Labute approximate surface area is 148 Å². The molecule has 1 aromatic heterocycles. The summed E-state index contributed by atoms with van der Waals surface area (Å²) in [5.74, 6) is 2.03. The van der Waals surface area contributed by atoms with E-state index in [-0.39, 0.29) is 18.1 Å². The summed E-state index contributed by atoms with van der Waals surface area (Å²) >= 11 is 0. The maximum atomic E-state index is 12.4. The van der Waals surface area contributed by atoms with Gasteiger partial charge in [-0.05, 0) is 56.2 Å². The van der Waals surface area contributed by atoms with Crippen LogP contribution in [0.3, 0.4) is 0 Å². The third-order valence-corrected chi connectivity index (χ3v) is 5.80. The molecular weight excluding hydrogens is 320 g/mol. The molecule has 0 aromatic carbocycles. The van der Waals surface area contributed by atoms with Gasteiger partial charge in [-0.1, -0.05) is 0 Å². The maximum absolute atomic E-state index is 12.4. The molecule has 0 radical (unpaired) electrons. The first kappa shape index (κ1) is 17.1. The fraction of sp³-hybridized carbons (Fsp3) is 0.737. The van der Waals surface area contributed by atoms with Gasteiger partial charge in [0.2, 0.25) is 5.91 Å². The van der Waals surface area contributed by atoms with E-state index in [1.165, 1.54) is 12.8 Å². The Morgan fingerprint density at radius 2 is 2.16 bits per heavy atom. The van der Waals surface area contributed by atoms with E-state index in [2.05, 4.69) is 10.2 Å². The molecule has 3 fully saturated rings. The summed E-state index contributed by atoms with van der Waals surface area (Å²) < 4.78 is 16.8. The Morgan fingerprint density at radius 1 is 1.28 bits per heavy atom. The summed E-state index contributed by atoms with van der Waals surface area (Å²) in [6.45, 7) is 5.47. The molecule has 0 saturated carbocycles. The van der Waals surface area contributed by atoms with Crippen LogP contribution in [-0.4, -0.2) is 55.9 Å². The zero-order valence-electron chi connectivity index (χ0n) is 14.7. The quantitative estimate of drug-likeness (QED) is 0.879. The standard InChI is InChI=1S/C19H28N2O4/c22-19(20-11-16-2-1-7-24-16)17-10-15-3-6-21(13-18(15)25-17)12-14-4-8-23-9-5-14/h1-2,7,14-15,17-18H,3-6,8-13H2,(H,20,22)/t15-,17+,18-/m1/s1. The minimum absolute atomic E-state index is 0.0122. The van der Waals surface area contributed by atoms with Crippen LogP contribution >= 0.6 is 0 Å². The number of hydrogen-bond donors (Lipinski definition) is 1. The van der Waals surface area contributed by atoms with Gasteiger partial charge in [0.05, 0.1) is 18.9 Å². The molecule has 0 unspecified atom stereocenters. The number of rotatable bonds is 5. The Bertz CT molecular complexity index is 556. The van der Waals surface area contributed by atoms with Crippen molar-refractivity contribution in [2.75, 3.05) is 32.8 Å². The number of carbonyl (C=O) groups is 1. The van der Waals surface area contributed by atoms with E-state index < -0.39 is 0 Å². The van der Waals surface area contributed by atoms with E-state index in [1.807, 2.05) is 12.1 Å². The summed E-state index contributed by atoms with van der Waals surface area (Å²) in [7, 11) is 0. The van der Waals surface area contributed by atoms with Crippen LogP contribution in [0.15, 0.2) is 22.8 Å². The molecule has 6 heteroatoms. The van der Waals surface area contributed by atoms with Gasteiger partial charge in [-0.3, -0.25) is 4.79 Å². The second-order valence-electron chi connectivity index (χ2n) is 7.56. The molecule has 3 aliphatic heterocycles. The minimum Gasteiger partial charge on any atom is -0.467 e.